The van der Waals surface area contributed by atoms with Crippen molar-refractivity contribution in [3.8, 4) is 5.75 Å². The number of hydrogen-bond acceptors (Lipinski definition) is 4. The number of ether oxygens (including phenoxy) is 1. The first-order chi connectivity index (χ1) is 14.1. The number of nitrogens with one attached hydrogen (secondary N) is 2. The predicted molar refractivity (Wildman–Crippen MR) is 113 cm³/mol. The van der Waals surface area contributed by atoms with Crippen LogP contribution in [0, 0.1) is 6.92 Å². The second kappa shape index (κ2) is 10.1. The maximum absolute atomic E-state index is 12.4. The van der Waals surface area contributed by atoms with Crippen LogP contribution in [0.15, 0.2) is 48.5 Å². The third-order valence-corrected chi connectivity index (χ3v) is 5.26. The molecule has 0 unspecified atom stereocenters. The second-order valence-electron chi connectivity index (χ2n) is 7.36. The molecular weight excluding hydrogens is 366 g/mol. The van der Waals surface area contributed by atoms with Crippen LogP contribution in [0.5, 0.6) is 5.75 Å². The molecule has 0 spiro atoms. The fourth-order valence-electron chi connectivity index (χ4n) is 3.75. The van der Waals surface area contributed by atoms with Gasteiger partial charge in [-0.05, 0) is 51.1 Å². The van der Waals surface area contributed by atoms with Gasteiger partial charge < -0.3 is 15.4 Å². The Morgan fingerprint density at radius 1 is 1.07 bits per heavy atom. The van der Waals surface area contributed by atoms with Crippen LogP contribution in [0.3, 0.4) is 0 Å². The number of methoxy groups -OCH3 is 1. The van der Waals surface area contributed by atoms with Gasteiger partial charge in [-0.3, -0.25) is 14.5 Å². The number of hydrogen-bond donors (Lipinski definition) is 2. The van der Waals surface area contributed by atoms with Gasteiger partial charge in [0.1, 0.15) is 5.75 Å². The number of likely N-dealkylation sites (tertiary alicyclic amines) is 1. The summed E-state index contributed by atoms with van der Waals surface area (Å²) >= 11 is 0. The summed E-state index contributed by atoms with van der Waals surface area (Å²) in [6.45, 7) is 4.36. The molecule has 2 aromatic carbocycles. The van der Waals surface area contributed by atoms with E-state index in [1.807, 2.05) is 43.3 Å². The molecule has 1 saturated heterocycles. The molecule has 154 valence electrons. The highest BCUT2D eigenvalue weighted by atomic mass is 16.5. The van der Waals surface area contributed by atoms with Crippen LogP contribution < -0.4 is 15.4 Å². The first-order valence-corrected chi connectivity index (χ1v) is 10.1. The largest absolute Gasteiger partial charge is 0.496 e. The Hall–Kier alpha value is -2.86. The molecule has 0 aliphatic carbocycles. The lowest BCUT2D eigenvalue weighted by molar-refractivity contribution is -0.120. The summed E-state index contributed by atoms with van der Waals surface area (Å²) < 4.78 is 5.53. The van der Waals surface area contributed by atoms with Crippen molar-refractivity contribution < 1.29 is 14.3 Å². The number of benzene rings is 2. The van der Waals surface area contributed by atoms with E-state index in [0.29, 0.717) is 12.1 Å². The molecule has 1 aliphatic heterocycles. The van der Waals surface area contributed by atoms with Gasteiger partial charge in [-0.2, -0.15) is 0 Å². The van der Waals surface area contributed by atoms with Gasteiger partial charge in [-0.1, -0.05) is 35.9 Å². The second-order valence-corrected chi connectivity index (χ2v) is 7.36. The predicted octanol–water partition coefficient (Wildman–Crippen LogP) is 2.69. The number of rotatable bonds is 8. The van der Waals surface area contributed by atoms with E-state index in [1.165, 1.54) is 0 Å². The van der Waals surface area contributed by atoms with Gasteiger partial charge in [0, 0.05) is 17.7 Å². The van der Waals surface area contributed by atoms with Gasteiger partial charge in [-0.15, -0.1) is 0 Å². The van der Waals surface area contributed by atoms with Crippen LogP contribution in [-0.4, -0.2) is 50.0 Å². The Labute approximate surface area is 172 Å². The number of amides is 2. The molecule has 3 rings (SSSR count). The van der Waals surface area contributed by atoms with Crippen LogP contribution in [0.1, 0.15) is 40.4 Å². The molecule has 1 aliphatic rings. The number of carbonyl (C=O) groups excluding carboxylic acids is 2. The van der Waals surface area contributed by atoms with E-state index in [0.717, 1.165) is 42.8 Å². The molecule has 6 heteroatoms. The molecule has 2 N–H and O–H groups in total. The molecule has 1 heterocycles. The van der Waals surface area contributed by atoms with Gasteiger partial charge in [0.05, 0.1) is 19.7 Å². The molecule has 0 saturated carbocycles. The first-order valence-electron chi connectivity index (χ1n) is 10.1. The van der Waals surface area contributed by atoms with Crippen LogP contribution in [0.2, 0.25) is 0 Å². The van der Waals surface area contributed by atoms with E-state index < -0.39 is 0 Å². The number of nitrogens with zero attached hydrogens (tertiary/aromatic N) is 1. The van der Waals surface area contributed by atoms with Crippen LogP contribution in [-0.2, 0) is 4.79 Å². The van der Waals surface area contributed by atoms with Gasteiger partial charge in [0.2, 0.25) is 5.91 Å². The maximum Gasteiger partial charge on any atom is 0.251 e. The normalized spacial score (nSPS) is 15.0. The van der Waals surface area contributed by atoms with E-state index in [1.54, 1.807) is 19.2 Å². The van der Waals surface area contributed by atoms with Crippen molar-refractivity contribution >= 4 is 11.8 Å². The molecular formula is C23H29N3O3. The summed E-state index contributed by atoms with van der Waals surface area (Å²) in [5.74, 6) is 0.376. The van der Waals surface area contributed by atoms with E-state index in [-0.39, 0.29) is 24.4 Å². The monoisotopic (exact) mass is 395 g/mol. The van der Waals surface area contributed by atoms with Crippen molar-refractivity contribution in [2.45, 2.75) is 25.8 Å². The lowest BCUT2D eigenvalue weighted by atomic mass is 10.0. The fourth-order valence-corrected chi connectivity index (χ4v) is 3.75. The van der Waals surface area contributed by atoms with Crippen molar-refractivity contribution in [2.75, 3.05) is 33.3 Å². The fraction of sp³-hybridized carbons (Fsp3) is 0.391. The quantitative estimate of drug-likeness (QED) is 0.721. The topological polar surface area (TPSA) is 70.7 Å². The van der Waals surface area contributed by atoms with Crippen LogP contribution in [0.4, 0.5) is 0 Å². The minimum Gasteiger partial charge on any atom is -0.496 e. The molecule has 2 amide bonds. The zero-order chi connectivity index (χ0) is 20.6. The summed E-state index contributed by atoms with van der Waals surface area (Å²) in [5, 5.41) is 5.67. The average molecular weight is 396 g/mol. The van der Waals surface area contributed by atoms with Crippen molar-refractivity contribution in [2.24, 2.45) is 0 Å². The van der Waals surface area contributed by atoms with Crippen LogP contribution in [0.25, 0.3) is 0 Å². The Bertz CT molecular complexity index is 847. The highest BCUT2D eigenvalue weighted by Crippen LogP contribution is 2.31. The average Bonchev–Trinajstić information content (AvgIpc) is 3.27. The number of para-hydroxylation sites is 1. The summed E-state index contributed by atoms with van der Waals surface area (Å²) in [6.07, 6.45) is 2.32. The minimum atomic E-state index is -0.246. The Balaban J connectivity index is 1.59. The van der Waals surface area contributed by atoms with Gasteiger partial charge in [-0.25, -0.2) is 0 Å². The molecule has 1 atom stereocenters. The van der Waals surface area contributed by atoms with Gasteiger partial charge >= 0.3 is 0 Å². The summed E-state index contributed by atoms with van der Waals surface area (Å²) in [5.41, 5.74) is 2.63. The minimum absolute atomic E-state index is 0.0464. The molecule has 0 radical (unpaired) electrons. The van der Waals surface area contributed by atoms with E-state index in [4.69, 9.17) is 4.74 Å². The van der Waals surface area contributed by atoms with Crippen molar-refractivity contribution in [3.63, 3.8) is 0 Å². The van der Waals surface area contributed by atoms with Gasteiger partial charge in [0.15, 0.2) is 0 Å². The SMILES string of the molecule is COc1ccccc1[C@@H](CNC(=O)CNC(=O)c1cccc(C)c1)N1CCCC1. The number of carbonyl (C=O) groups is 2. The highest BCUT2D eigenvalue weighted by Gasteiger charge is 2.26. The maximum atomic E-state index is 12.4. The Morgan fingerprint density at radius 2 is 1.83 bits per heavy atom. The molecule has 1 fully saturated rings. The first kappa shape index (κ1) is 20.9. The molecule has 0 bridgehead atoms. The molecule has 2 aromatic rings. The van der Waals surface area contributed by atoms with E-state index in [9.17, 15) is 9.59 Å². The lowest BCUT2D eigenvalue weighted by Gasteiger charge is -2.29. The summed E-state index contributed by atoms with van der Waals surface area (Å²) in [7, 11) is 1.67. The lowest BCUT2D eigenvalue weighted by Crippen LogP contribution is -2.41. The number of aryl methyl sites for hydroxylation is 1. The summed E-state index contributed by atoms with van der Waals surface area (Å²) in [6, 6.07) is 15.3. The molecule has 29 heavy (non-hydrogen) atoms. The van der Waals surface area contributed by atoms with Crippen molar-refractivity contribution in [1.82, 2.24) is 15.5 Å². The Kier molecular flexibility index (Phi) is 7.25. The molecule has 0 aromatic heterocycles. The van der Waals surface area contributed by atoms with E-state index >= 15 is 0 Å². The molecule has 6 nitrogen and oxygen atoms in total. The zero-order valence-corrected chi connectivity index (χ0v) is 17.1. The summed E-state index contributed by atoms with van der Waals surface area (Å²) in [4.78, 5) is 27.0. The zero-order valence-electron chi connectivity index (χ0n) is 17.1. The third-order valence-electron chi connectivity index (χ3n) is 5.26. The standard InChI is InChI=1S/C23H29N3O3/c1-17-8-7-9-18(14-17)23(28)25-16-22(27)24-15-20(26-12-5-6-13-26)19-10-3-4-11-21(19)29-2/h3-4,7-11,14,20H,5-6,12-13,15-16H2,1-2H3,(H,24,27)(H,25,28)/t20-/m1/s1. The third kappa shape index (κ3) is 5.57. The Morgan fingerprint density at radius 3 is 2.55 bits per heavy atom. The van der Waals surface area contributed by atoms with Crippen molar-refractivity contribution in [3.05, 3.63) is 65.2 Å². The highest BCUT2D eigenvalue weighted by molar-refractivity contribution is 5.96. The van der Waals surface area contributed by atoms with Crippen molar-refractivity contribution in [1.29, 1.82) is 0 Å². The van der Waals surface area contributed by atoms with E-state index in [2.05, 4.69) is 15.5 Å². The van der Waals surface area contributed by atoms with Crippen LogP contribution >= 0.6 is 0 Å². The smallest absolute Gasteiger partial charge is 0.251 e. The van der Waals surface area contributed by atoms with Gasteiger partial charge in [0.25, 0.3) is 5.91 Å².